The van der Waals surface area contributed by atoms with E-state index in [-0.39, 0.29) is 6.42 Å². The fourth-order valence-electron chi connectivity index (χ4n) is 1.59. The molecule has 0 aliphatic carbocycles. The Labute approximate surface area is 112 Å². The molecule has 0 fully saturated rings. The maximum absolute atomic E-state index is 12.6. The zero-order chi connectivity index (χ0) is 13.9. The smallest absolute Gasteiger partial charge is 0.271 e. The van der Waals surface area contributed by atoms with Gasteiger partial charge >= 0.3 is 6.18 Å². The molecule has 7 heteroatoms. The number of hydrazine groups is 1. The molecule has 1 aromatic carbocycles. The molecule has 1 heterocycles. The number of nitrogens with one attached hydrogen (secondary N) is 1. The maximum Gasteiger partial charge on any atom is 0.405 e. The highest BCUT2D eigenvalue weighted by Crippen LogP contribution is 2.26. The maximum atomic E-state index is 12.6. The highest BCUT2D eigenvalue weighted by molar-refractivity contribution is 7.09. The molecule has 0 aliphatic rings. The second kappa shape index (κ2) is 5.68. The molecule has 3 N–H and O–H groups in total. The zero-order valence-corrected chi connectivity index (χ0v) is 10.6. The Bertz CT molecular complexity index is 525. The van der Waals surface area contributed by atoms with Gasteiger partial charge in [-0.25, -0.2) is 10.4 Å². The minimum atomic E-state index is -4.38. The summed E-state index contributed by atoms with van der Waals surface area (Å²) < 4.78 is 37.7. The van der Waals surface area contributed by atoms with Crippen LogP contribution in [0, 0.1) is 0 Å². The lowest BCUT2D eigenvalue weighted by Crippen LogP contribution is -2.47. The topological polar surface area (TPSA) is 50.9 Å². The molecule has 2 aromatic rings. The van der Waals surface area contributed by atoms with Crippen molar-refractivity contribution in [3.8, 4) is 11.3 Å². The van der Waals surface area contributed by atoms with Gasteiger partial charge in [0.05, 0.1) is 10.7 Å². The molecule has 0 radical (unpaired) electrons. The Morgan fingerprint density at radius 3 is 2.53 bits per heavy atom. The standard InChI is InChI=1S/C12H12F3N3S/c13-12(14,15)10(18-16)6-11-17-9(7-19-11)8-4-2-1-3-5-8/h1-5,7,10,18H,6,16H2. The summed E-state index contributed by atoms with van der Waals surface area (Å²) in [7, 11) is 0. The molecule has 0 spiro atoms. The van der Waals surface area contributed by atoms with Gasteiger partial charge in [-0.2, -0.15) is 13.2 Å². The van der Waals surface area contributed by atoms with Crippen LogP contribution in [0.5, 0.6) is 0 Å². The average Bonchev–Trinajstić information content (AvgIpc) is 2.84. The summed E-state index contributed by atoms with van der Waals surface area (Å²) in [6.07, 6.45) is -4.65. The van der Waals surface area contributed by atoms with Crippen LogP contribution in [0.3, 0.4) is 0 Å². The Morgan fingerprint density at radius 2 is 1.95 bits per heavy atom. The van der Waals surface area contributed by atoms with Gasteiger partial charge < -0.3 is 0 Å². The first-order chi connectivity index (χ1) is 9.00. The lowest BCUT2D eigenvalue weighted by atomic mass is 10.2. The van der Waals surface area contributed by atoms with Crippen LogP contribution in [-0.2, 0) is 6.42 Å². The van der Waals surface area contributed by atoms with Crippen LogP contribution in [0.25, 0.3) is 11.3 Å². The number of aromatic nitrogens is 1. The number of nitrogens with zero attached hydrogens (tertiary/aromatic N) is 1. The zero-order valence-electron chi connectivity index (χ0n) is 9.82. The van der Waals surface area contributed by atoms with Crippen LogP contribution in [0.1, 0.15) is 5.01 Å². The van der Waals surface area contributed by atoms with Crippen molar-refractivity contribution < 1.29 is 13.2 Å². The van der Waals surface area contributed by atoms with Crippen molar-refractivity contribution in [3.05, 3.63) is 40.7 Å². The third kappa shape index (κ3) is 3.52. The summed E-state index contributed by atoms with van der Waals surface area (Å²) in [4.78, 5) is 4.20. The van der Waals surface area contributed by atoms with Crippen LogP contribution >= 0.6 is 11.3 Å². The van der Waals surface area contributed by atoms with Crippen molar-refractivity contribution >= 4 is 11.3 Å². The van der Waals surface area contributed by atoms with Crippen molar-refractivity contribution in [2.45, 2.75) is 18.6 Å². The monoisotopic (exact) mass is 287 g/mol. The quantitative estimate of drug-likeness (QED) is 0.671. The number of rotatable bonds is 4. The molecule has 0 saturated carbocycles. The minimum absolute atomic E-state index is 0.266. The molecule has 1 atom stereocenters. The van der Waals surface area contributed by atoms with Gasteiger partial charge in [-0.15, -0.1) is 11.3 Å². The van der Waals surface area contributed by atoms with E-state index in [2.05, 4.69) is 4.98 Å². The molecule has 102 valence electrons. The third-order valence-electron chi connectivity index (χ3n) is 2.60. The van der Waals surface area contributed by atoms with Gasteiger partial charge in [0, 0.05) is 17.4 Å². The van der Waals surface area contributed by atoms with E-state index in [4.69, 9.17) is 5.84 Å². The van der Waals surface area contributed by atoms with E-state index in [1.165, 1.54) is 11.3 Å². The number of hydrogen-bond acceptors (Lipinski definition) is 4. The third-order valence-corrected chi connectivity index (χ3v) is 3.47. The molecule has 3 nitrogen and oxygen atoms in total. The van der Waals surface area contributed by atoms with Gasteiger partial charge in [0.15, 0.2) is 0 Å². The number of halogens is 3. The van der Waals surface area contributed by atoms with E-state index in [0.717, 1.165) is 5.56 Å². The normalized spacial score (nSPS) is 13.5. The van der Waals surface area contributed by atoms with E-state index < -0.39 is 12.2 Å². The van der Waals surface area contributed by atoms with E-state index in [1.807, 2.05) is 30.3 Å². The van der Waals surface area contributed by atoms with Crippen molar-refractivity contribution in [2.75, 3.05) is 0 Å². The van der Waals surface area contributed by atoms with Gasteiger partial charge in [-0.3, -0.25) is 5.84 Å². The fourth-order valence-corrected chi connectivity index (χ4v) is 2.44. The summed E-state index contributed by atoms with van der Waals surface area (Å²) in [5, 5.41) is 2.15. The average molecular weight is 287 g/mol. The highest BCUT2D eigenvalue weighted by atomic mass is 32.1. The molecule has 1 aromatic heterocycles. The van der Waals surface area contributed by atoms with E-state index >= 15 is 0 Å². The van der Waals surface area contributed by atoms with Crippen LogP contribution in [-0.4, -0.2) is 17.2 Å². The van der Waals surface area contributed by atoms with Crippen LogP contribution < -0.4 is 11.3 Å². The van der Waals surface area contributed by atoms with Gasteiger partial charge in [0.25, 0.3) is 0 Å². The predicted molar refractivity (Wildman–Crippen MR) is 68.4 cm³/mol. The molecule has 0 aliphatic heterocycles. The summed E-state index contributed by atoms with van der Waals surface area (Å²) in [6, 6.07) is 7.53. The largest absolute Gasteiger partial charge is 0.405 e. The van der Waals surface area contributed by atoms with E-state index in [0.29, 0.717) is 10.7 Å². The molecule has 2 rings (SSSR count). The van der Waals surface area contributed by atoms with Gasteiger partial charge in [0.2, 0.25) is 0 Å². The van der Waals surface area contributed by atoms with Crippen molar-refractivity contribution in [3.63, 3.8) is 0 Å². The molecule has 0 amide bonds. The van der Waals surface area contributed by atoms with Crippen LogP contribution in [0.4, 0.5) is 13.2 Å². The minimum Gasteiger partial charge on any atom is -0.271 e. The molecule has 19 heavy (non-hydrogen) atoms. The van der Waals surface area contributed by atoms with Crippen molar-refractivity contribution in [1.82, 2.24) is 10.4 Å². The number of nitrogens with two attached hydrogens (primary N) is 1. The Morgan fingerprint density at radius 1 is 1.26 bits per heavy atom. The van der Waals surface area contributed by atoms with Crippen molar-refractivity contribution in [1.29, 1.82) is 0 Å². The summed E-state index contributed by atoms with van der Waals surface area (Å²) >= 11 is 1.20. The van der Waals surface area contributed by atoms with Gasteiger partial charge in [0.1, 0.15) is 6.04 Å². The number of benzene rings is 1. The first-order valence-corrected chi connectivity index (χ1v) is 6.41. The Kier molecular flexibility index (Phi) is 4.18. The number of thiazole rings is 1. The summed E-state index contributed by atoms with van der Waals surface area (Å²) in [5.74, 6) is 4.93. The molecular formula is C12H12F3N3S. The second-order valence-corrected chi connectivity index (χ2v) is 4.90. The fraction of sp³-hybridized carbons (Fsp3) is 0.250. The van der Waals surface area contributed by atoms with E-state index in [9.17, 15) is 13.2 Å². The second-order valence-electron chi connectivity index (χ2n) is 3.96. The van der Waals surface area contributed by atoms with Crippen LogP contribution in [0.2, 0.25) is 0 Å². The molecule has 0 saturated heterocycles. The lowest BCUT2D eigenvalue weighted by molar-refractivity contribution is -0.155. The summed E-state index contributed by atoms with van der Waals surface area (Å²) in [5.41, 5.74) is 3.34. The SMILES string of the molecule is NNC(Cc1nc(-c2ccccc2)cs1)C(F)(F)F. The van der Waals surface area contributed by atoms with Crippen LogP contribution in [0.15, 0.2) is 35.7 Å². The van der Waals surface area contributed by atoms with Gasteiger partial charge in [-0.05, 0) is 0 Å². The Hall–Kier alpha value is -1.44. The highest BCUT2D eigenvalue weighted by Gasteiger charge is 2.39. The van der Waals surface area contributed by atoms with Gasteiger partial charge in [-0.1, -0.05) is 30.3 Å². The molecular weight excluding hydrogens is 275 g/mol. The number of hydrogen-bond donors (Lipinski definition) is 2. The number of alkyl halides is 3. The summed E-state index contributed by atoms with van der Waals surface area (Å²) in [6.45, 7) is 0. The first kappa shape index (κ1) is 14.0. The van der Waals surface area contributed by atoms with Crippen molar-refractivity contribution in [2.24, 2.45) is 5.84 Å². The molecule has 0 bridgehead atoms. The van der Waals surface area contributed by atoms with E-state index in [1.54, 1.807) is 10.8 Å². The molecule has 1 unspecified atom stereocenters. The predicted octanol–water partition coefficient (Wildman–Crippen LogP) is 2.75. The lowest BCUT2D eigenvalue weighted by Gasteiger charge is -2.17. The Balaban J connectivity index is 2.14. The first-order valence-electron chi connectivity index (χ1n) is 5.53.